The molecule has 0 bridgehead atoms. The van der Waals surface area contributed by atoms with Crippen LogP contribution in [0.1, 0.15) is 91.2 Å². The van der Waals surface area contributed by atoms with Gasteiger partial charge in [-0.05, 0) is 6.42 Å². The van der Waals surface area contributed by atoms with E-state index in [2.05, 4.69) is 100.0 Å². The van der Waals surface area contributed by atoms with Crippen molar-refractivity contribution in [1.29, 1.82) is 0 Å². The van der Waals surface area contributed by atoms with Crippen LogP contribution in [0.15, 0.2) is 42.5 Å². The van der Waals surface area contributed by atoms with Crippen molar-refractivity contribution in [2.24, 2.45) is 0 Å². The Morgan fingerprint density at radius 2 is 0.971 bits per heavy atom. The van der Waals surface area contributed by atoms with Crippen LogP contribution in [0.25, 0.3) is 27.1 Å². The smallest absolute Gasteiger partial charge is 0.662 e. The third-order valence-electron chi connectivity index (χ3n) is 4.91. The minimum absolute atomic E-state index is 0. The van der Waals surface area contributed by atoms with Gasteiger partial charge in [0.05, 0.1) is 0 Å². The van der Waals surface area contributed by atoms with Gasteiger partial charge in [0.15, 0.2) is 0 Å². The molecular weight excluding hydrogens is 462 g/mol. The van der Waals surface area contributed by atoms with E-state index in [4.69, 9.17) is 0 Å². The van der Waals surface area contributed by atoms with Gasteiger partial charge >= 0.3 is 21.7 Å². The summed E-state index contributed by atoms with van der Waals surface area (Å²) in [4.78, 5) is 0. The van der Waals surface area contributed by atoms with E-state index in [-0.39, 0.29) is 21.7 Å². The molecule has 0 radical (unpaired) electrons. The van der Waals surface area contributed by atoms with Gasteiger partial charge in [0.2, 0.25) is 0 Å². The zero-order chi connectivity index (χ0) is 25.3. The van der Waals surface area contributed by atoms with E-state index in [1.807, 2.05) is 6.07 Å². The van der Waals surface area contributed by atoms with Crippen LogP contribution in [-0.4, -0.2) is 39.3 Å². The van der Waals surface area contributed by atoms with E-state index in [1.54, 1.807) is 0 Å². The molecule has 0 aliphatic heterocycles. The standard InChI is InChI=1S/C13H9.3C6H14N.Ti/c1-3-7-12-10(5-1)9-11-6-2-4-8-13(11)12;3*1-3-5-7-6-4-2;/h1-5,7-8H,9H2;3*3-6H2,1-2H3;/q4*-1;+4. The minimum atomic E-state index is 0. The van der Waals surface area contributed by atoms with Gasteiger partial charge in [-0.1, -0.05) is 115 Å². The van der Waals surface area contributed by atoms with Crippen LogP contribution in [0.5, 0.6) is 0 Å². The van der Waals surface area contributed by atoms with Crippen molar-refractivity contribution < 1.29 is 21.7 Å². The number of hydrogen-bond donors (Lipinski definition) is 0. The van der Waals surface area contributed by atoms with Gasteiger partial charge in [0, 0.05) is 0 Å². The number of hydrogen-bond acceptors (Lipinski definition) is 0. The van der Waals surface area contributed by atoms with Crippen molar-refractivity contribution in [3.63, 3.8) is 0 Å². The largest absolute Gasteiger partial charge is 4.00 e. The summed E-state index contributed by atoms with van der Waals surface area (Å²) in [7, 11) is 0. The van der Waals surface area contributed by atoms with E-state index in [0.29, 0.717) is 0 Å². The van der Waals surface area contributed by atoms with Gasteiger partial charge in [-0.15, -0.1) is 44.8 Å². The van der Waals surface area contributed by atoms with E-state index < -0.39 is 0 Å². The molecule has 1 aliphatic carbocycles. The zero-order valence-corrected chi connectivity index (χ0v) is 25.1. The van der Waals surface area contributed by atoms with Gasteiger partial charge in [-0.3, -0.25) is 0 Å². The summed E-state index contributed by atoms with van der Waals surface area (Å²) in [5, 5.41) is 12.6. The van der Waals surface area contributed by atoms with Crippen LogP contribution in [0.4, 0.5) is 0 Å². The molecule has 2 aromatic carbocycles. The van der Waals surface area contributed by atoms with Gasteiger partial charge in [0.25, 0.3) is 0 Å². The summed E-state index contributed by atoms with van der Waals surface area (Å²) in [6.07, 6.45) is 8.21. The average Bonchev–Trinajstić information content (AvgIpc) is 3.25. The second-order valence-corrected chi connectivity index (χ2v) is 8.41. The molecule has 0 unspecified atom stereocenters. The molecule has 4 heteroatoms. The Kier molecular flexibility index (Phi) is 28.6. The molecule has 0 saturated heterocycles. The molecule has 0 N–H and O–H groups in total. The first kappa shape index (κ1) is 36.2. The van der Waals surface area contributed by atoms with Crippen LogP contribution < -0.4 is 0 Å². The molecule has 3 nitrogen and oxygen atoms in total. The second kappa shape index (κ2) is 27.6. The van der Waals surface area contributed by atoms with E-state index >= 15 is 0 Å². The molecule has 0 aromatic heterocycles. The van der Waals surface area contributed by atoms with Crippen molar-refractivity contribution >= 4 is 0 Å². The molecule has 0 saturated carbocycles. The van der Waals surface area contributed by atoms with Crippen LogP contribution in [-0.2, 0) is 28.1 Å². The maximum absolute atomic E-state index is 4.21. The van der Waals surface area contributed by atoms with Crippen molar-refractivity contribution in [3.8, 4) is 11.1 Å². The summed E-state index contributed by atoms with van der Waals surface area (Å²) in [5.41, 5.74) is 5.51. The zero-order valence-electron chi connectivity index (χ0n) is 23.6. The first-order valence-electron chi connectivity index (χ1n) is 13.7. The van der Waals surface area contributed by atoms with E-state index in [0.717, 1.165) is 45.7 Å². The van der Waals surface area contributed by atoms with E-state index in [9.17, 15) is 0 Å². The molecule has 0 amide bonds. The molecule has 0 fully saturated rings. The summed E-state index contributed by atoms with van der Waals surface area (Å²) < 4.78 is 0. The SMILES string of the molecule is CCC[N-]CCC.CCC[N-]CCC.CCC[N-]CCC.[Ti+4].[c-]1cccc2c1Cc1ccccc1-2. The Morgan fingerprint density at radius 1 is 0.571 bits per heavy atom. The maximum atomic E-state index is 4.21. The second-order valence-electron chi connectivity index (χ2n) is 8.41. The molecule has 35 heavy (non-hydrogen) atoms. The average molecular weight is 514 g/mol. The van der Waals surface area contributed by atoms with E-state index in [1.165, 1.54) is 60.8 Å². The molecular formula is C31H51N3Ti. The molecule has 3 rings (SSSR count). The molecule has 1 aliphatic rings. The quantitative estimate of drug-likeness (QED) is 0.131. The van der Waals surface area contributed by atoms with Crippen LogP contribution >= 0.6 is 0 Å². The van der Waals surface area contributed by atoms with Crippen molar-refractivity contribution in [2.45, 2.75) is 86.5 Å². The Bertz CT molecular complexity index is 611. The minimum Gasteiger partial charge on any atom is -0.662 e. The third kappa shape index (κ3) is 18.9. The molecule has 2 aromatic rings. The fourth-order valence-corrected chi connectivity index (χ4v) is 3.28. The van der Waals surface area contributed by atoms with Crippen LogP contribution in [0.2, 0.25) is 0 Å². The molecule has 0 heterocycles. The number of rotatable bonds is 12. The Morgan fingerprint density at radius 3 is 1.40 bits per heavy atom. The van der Waals surface area contributed by atoms with Gasteiger partial charge in [0.1, 0.15) is 0 Å². The van der Waals surface area contributed by atoms with Gasteiger partial charge in [-0.25, -0.2) is 0 Å². The van der Waals surface area contributed by atoms with Gasteiger partial charge in [-0.2, -0.15) is 29.8 Å². The van der Waals surface area contributed by atoms with Gasteiger partial charge < -0.3 is 16.0 Å². The maximum Gasteiger partial charge on any atom is 4.00 e. The molecule has 194 valence electrons. The number of nitrogens with zero attached hydrogens (tertiary/aromatic N) is 3. The monoisotopic (exact) mass is 513 g/mol. The molecule has 0 atom stereocenters. The Balaban J connectivity index is 0. The topological polar surface area (TPSA) is 42.3 Å². The first-order valence-corrected chi connectivity index (χ1v) is 13.7. The predicted octanol–water partition coefficient (Wildman–Crippen LogP) is 9.60. The van der Waals surface area contributed by atoms with Crippen molar-refractivity contribution in [1.82, 2.24) is 0 Å². The van der Waals surface area contributed by atoms with Crippen molar-refractivity contribution in [2.75, 3.05) is 39.3 Å². The molecule has 0 spiro atoms. The van der Waals surface area contributed by atoms with Crippen LogP contribution in [0.3, 0.4) is 0 Å². The fraction of sp³-hybridized carbons (Fsp3) is 0.613. The number of fused-ring (bicyclic) bond motifs is 3. The van der Waals surface area contributed by atoms with Crippen LogP contribution in [0, 0.1) is 6.07 Å². The summed E-state index contributed by atoms with van der Waals surface area (Å²) in [5.74, 6) is 0. The predicted molar refractivity (Wildman–Crippen MR) is 155 cm³/mol. The van der Waals surface area contributed by atoms with Crippen molar-refractivity contribution in [3.05, 3.63) is 75.6 Å². The third-order valence-corrected chi connectivity index (χ3v) is 4.91. The Hall–Kier alpha value is -0.966. The summed E-state index contributed by atoms with van der Waals surface area (Å²) in [6.45, 7) is 19.2. The first-order chi connectivity index (χ1) is 16.7. The Labute approximate surface area is 233 Å². The summed E-state index contributed by atoms with van der Waals surface area (Å²) >= 11 is 0. The number of benzene rings is 2. The summed E-state index contributed by atoms with van der Waals surface area (Å²) in [6, 6.07) is 18.1. The fourth-order valence-electron chi connectivity index (χ4n) is 3.28. The normalized spacial score (nSPS) is 10.2.